The molecular formula is C23H25Cl2N5O2. The Morgan fingerprint density at radius 2 is 1.66 bits per heavy atom. The number of halogens is 2. The number of carbonyl (C=O) groups excluding carboxylic acids is 1. The molecule has 4 rings (SSSR count). The maximum Gasteiger partial charge on any atom is 0.295 e. The number of nitrogens with one attached hydrogen (secondary N) is 1. The summed E-state index contributed by atoms with van der Waals surface area (Å²) in [5, 5.41) is 3.90. The fraction of sp³-hybridized carbons (Fsp3) is 0.304. The Balaban J connectivity index is 1.39. The number of hydrogen-bond donors (Lipinski definition) is 1. The third-order valence-corrected chi connectivity index (χ3v) is 6.57. The molecule has 1 aliphatic rings. The van der Waals surface area contributed by atoms with E-state index in [1.165, 1.54) is 0 Å². The summed E-state index contributed by atoms with van der Waals surface area (Å²) in [6.45, 7) is 5.07. The van der Waals surface area contributed by atoms with Gasteiger partial charge in [0.05, 0.1) is 28.0 Å². The molecule has 0 bridgehead atoms. The van der Waals surface area contributed by atoms with Gasteiger partial charge >= 0.3 is 0 Å². The fourth-order valence-electron chi connectivity index (χ4n) is 3.94. The van der Waals surface area contributed by atoms with E-state index >= 15 is 0 Å². The number of benzene rings is 2. The van der Waals surface area contributed by atoms with Gasteiger partial charge in [0.2, 0.25) is 5.91 Å². The molecule has 0 atom stereocenters. The molecule has 0 unspecified atom stereocenters. The number of aromatic nitrogens is 2. The SMILES string of the molecule is Cc1c(NC(=O)CN2CCN(c3ccc(Cl)c(Cl)c3)CC2)c(=O)n(-c2ccccc2)n1C. The van der Waals surface area contributed by atoms with E-state index in [4.69, 9.17) is 23.2 Å². The molecule has 1 fully saturated rings. The monoisotopic (exact) mass is 473 g/mol. The van der Waals surface area contributed by atoms with Crippen LogP contribution in [0.5, 0.6) is 0 Å². The minimum absolute atomic E-state index is 0.195. The number of piperazine rings is 1. The van der Waals surface area contributed by atoms with Crippen molar-refractivity contribution < 1.29 is 4.79 Å². The molecule has 0 radical (unpaired) electrons. The summed E-state index contributed by atoms with van der Waals surface area (Å²) in [6, 6.07) is 15.0. The van der Waals surface area contributed by atoms with Gasteiger partial charge in [0.25, 0.3) is 5.56 Å². The van der Waals surface area contributed by atoms with Crippen molar-refractivity contribution >= 4 is 40.5 Å². The molecule has 3 aromatic rings. The lowest BCUT2D eigenvalue weighted by molar-refractivity contribution is -0.117. The van der Waals surface area contributed by atoms with Crippen LogP contribution in [0.25, 0.3) is 5.69 Å². The smallest absolute Gasteiger partial charge is 0.295 e. The van der Waals surface area contributed by atoms with E-state index in [0.29, 0.717) is 21.4 Å². The standard InChI is InChI=1S/C23H25Cl2N5O2/c1-16-22(23(32)30(27(16)2)17-6-4-3-5-7-17)26-21(31)15-28-10-12-29(13-11-28)18-8-9-19(24)20(25)14-18/h3-9,14H,10-13,15H2,1-2H3,(H,26,31). The van der Waals surface area contributed by atoms with Crippen LogP contribution in [0.15, 0.2) is 53.3 Å². The second kappa shape index (κ2) is 9.40. The second-order valence-electron chi connectivity index (χ2n) is 7.85. The number of rotatable bonds is 5. The molecular weight excluding hydrogens is 449 g/mol. The van der Waals surface area contributed by atoms with Crippen molar-refractivity contribution in [3.8, 4) is 5.69 Å². The molecule has 2 heterocycles. The maximum atomic E-state index is 13.0. The van der Waals surface area contributed by atoms with E-state index in [9.17, 15) is 9.59 Å². The van der Waals surface area contributed by atoms with Crippen molar-refractivity contribution in [3.63, 3.8) is 0 Å². The highest BCUT2D eigenvalue weighted by atomic mass is 35.5. The summed E-state index contributed by atoms with van der Waals surface area (Å²) in [6.07, 6.45) is 0. The summed E-state index contributed by atoms with van der Waals surface area (Å²) in [7, 11) is 1.81. The number of para-hydroxylation sites is 1. The van der Waals surface area contributed by atoms with E-state index < -0.39 is 0 Å². The summed E-state index contributed by atoms with van der Waals surface area (Å²) in [5.74, 6) is -0.195. The Bertz CT molecular complexity index is 1180. The molecule has 1 saturated heterocycles. The Labute approximate surface area is 196 Å². The van der Waals surface area contributed by atoms with Gasteiger partial charge in [-0.3, -0.25) is 19.2 Å². The number of nitrogens with zero attached hydrogens (tertiary/aromatic N) is 4. The quantitative estimate of drug-likeness (QED) is 0.615. The Morgan fingerprint density at radius 3 is 2.31 bits per heavy atom. The van der Waals surface area contributed by atoms with Crippen LogP contribution in [0.4, 0.5) is 11.4 Å². The number of amides is 1. The van der Waals surface area contributed by atoms with Crippen molar-refractivity contribution in [1.82, 2.24) is 14.3 Å². The van der Waals surface area contributed by atoms with E-state index in [0.717, 1.165) is 37.6 Å². The molecule has 0 spiro atoms. The van der Waals surface area contributed by atoms with Crippen LogP contribution in [0.1, 0.15) is 5.69 Å². The van der Waals surface area contributed by atoms with Crippen molar-refractivity contribution in [1.29, 1.82) is 0 Å². The fourth-order valence-corrected chi connectivity index (χ4v) is 4.23. The topological polar surface area (TPSA) is 62.5 Å². The lowest BCUT2D eigenvalue weighted by atomic mass is 10.2. The Hall–Kier alpha value is -2.74. The lowest BCUT2D eigenvalue weighted by Gasteiger charge is -2.35. The first-order valence-electron chi connectivity index (χ1n) is 10.4. The normalized spacial score (nSPS) is 14.6. The second-order valence-corrected chi connectivity index (χ2v) is 8.66. The van der Waals surface area contributed by atoms with Gasteiger partial charge in [0.15, 0.2) is 0 Å². The summed E-state index contributed by atoms with van der Waals surface area (Å²) in [5.41, 5.74) is 2.55. The van der Waals surface area contributed by atoms with Crippen molar-refractivity contribution in [2.45, 2.75) is 6.92 Å². The predicted molar refractivity (Wildman–Crippen MR) is 129 cm³/mol. The van der Waals surface area contributed by atoms with Gasteiger partial charge in [-0.15, -0.1) is 0 Å². The van der Waals surface area contributed by atoms with Gasteiger partial charge in [0.1, 0.15) is 5.69 Å². The van der Waals surface area contributed by atoms with E-state index in [1.54, 1.807) is 15.4 Å². The molecule has 1 amide bonds. The molecule has 168 valence electrons. The predicted octanol–water partition coefficient (Wildman–Crippen LogP) is 3.55. The number of carbonyl (C=O) groups is 1. The largest absolute Gasteiger partial charge is 0.369 e. The molecule has 0 saturated carbocycles. The molecule has 32 heavy (non-hydrogen) atoms. The number of anilines is 2. The van der Waals surface area contributed by atoms with Gasteiger partial charge in [-0.2, -0.15) is 0 Å². The highest BCUT2D eigenvalue weighted by Crippen LogP contribution is 2.27. The summed E-state index contributed by atoms with van der Waals surface area (Å²) < 4.78 is 3.31. The Morgan fingerprint density at radius 1 is 0.969 bits per heavy atom. The van der Waals surface area contributed by atoms with Crippen LogP contribution in [-0.2, 0) is 11.8 Å². The minimum atomic E-state index is -0.242. The van der Waals surface area contributed by atoms with E-state index in [-0.39, 0.29) is 18.0 Å². The third-order valence-electron chi connectivity index (χ3n) is 5.83. The Kier molecular flexibility index (Phi) is 6.60. The van der Waals surface area contributed by atoms with Crippen LogP contribution in [-0.4, -0.2) is 52.9 Å². The zero-order chi connectivity index (χ0) is 22.8. The van der Waals surface area contributed by atoms with Crippen LogP contribution < -0.4 is 15.8 Å². The van der Waals surface area contributed by atoms with Crippen molar-refractivity contribution in [2.24, 2.45) is 7.05 Å². The maximum absolute atomic E-state index is 13.0. The average Bonchev–Trinajstić information content (AvgIpc) is 3.00. The summed E-state index contributed by atoms with van der Waals surface area (Å²) >= 11 is 12.1. The van der Waals surface area contributed by atoms with Gasteiger partial charge in [0, 0.05) is 38.9 Å². The van der Waals surface area contributed by atoms with Crippen molar-refractivity contribution in [2.75, 3.05) is 42.9 Å². The van der Waals surface area contributed by atoms with Gasteiger partial charge in [-0.05, 0) is 37.3 Å². The van der Waals surface area contributed by atoms with Crippen LogP contribution >= 0.6 is 23.2 Å². The molecule has 1 aliphatic heterocycles. The first kappa shape index (κ1) is 22.5. The van der Waals surface area contributed by atoms with Crippen LogP contribution in [0.3, 0.4) is 0 Å². The molecule has 1 N–H and O–H groups in total. The van der Waals surface area contributed by atoms with Gasteiger partial charge in [-0.1, -0.05) is 41.4 Å². The van der Waals surface area contributed by atoms with Gasteiger partial charge in [-0.25, -0.2) is 4.68 Å². The van der Waals surface area contributed by atoms with Crippen molar-refractivity contribution in [3.05, 3.63) is 74.6 Å². The van der Waals surface area contributed by atoms with Gasteiger partial charge < -0.3 is 10.2 Å². The zero-order valence-corrected chi connectivity index (χ0v) is 19.5. The van der Waals surface area contributed by atoms with E-state index in [1.807, 2.05) is 56.4 Å². The molecule has 0 aliphatic carbocycles. The van der Waals surface area contributed by atoms with Crippen LogP contribution in [0.2, 0.25) is 10.0 Å². The average molecular weight is 474 g/mol. The minimum Gasteiger partial charge on any atom is -0.369 e. The lowest BCUT2D eigenvalue weighted by Crippen LogP contribution is -2.48. The number of hydrogen-bond acceptors (Lipinski definition) is 4. The summed E-state index contributed by atoms with van der Waals surface area (Å²) in [4.78, 5) is 30.0. The molecule has 7 nitrogen and oxygen atoms in total. The highest BCUT2D eigenvalue weighted by Gasteiger charge is 2.22. The molecule has 2 aromatic carbocycles. The highest BCUT2D eigenvalue weighted by molar-refractivity contribution is 6.42. The third kappa shape index (κ3) is 4.55. The van der Waals surface area contributed by atoms with Crippen LogP contribution in [0, 0.1) is 6.92 Å². The van der Waals surface area contributed by atoms with E-state index in [2.05, 4.69) is 15.1 Å². The molecule has 9 heteroatoms. The first-order chi connectivity index (χ1) is 15.3. The first-order valence-corrected chi connectivity index (χ1v) is 11.2. The zero-order valence-electron chi connectivity index (χ0n) is 18.0. The molecule has 1 aromatic heterocycles.